The summed E-state index contributed by atoms with van der Waals surface area (Å²) in [5.41, 5.74) is 11.0. The van der Waals surface area contributed by atoms with Crippen molar-refractivity contribution in [1.29, 1.82) is 0 Å². The standard InChI is InChI=1S/C60H37N/c1-2-17-41(18-3-1)57-50-22-10-11-23-51(50)58(52-33-30-44(37-53(52)57)43-29-28-38-14-4-5-19-42(38)36-43)49-26-12-25-48-47(49)24-13-27-54(48)61-55-34-31-39-15-6-8-20-45(39)59(55)60-46-21-9-7-16-40(46)32-35-56(60)61/h1-37H. The van der Waals surface area contributed by atoms with Gasteiger partial charge in [0.1, 0.15) is 0 Å². The van der Waals surface area contributed by atoms with E-state index in [9.17, 15) is 0 Å². The van der Waals surface area contributed by atoms with Crippen molar-refractivity contribution in [2.45, 2.75) is 0 Å². The van der Waals surface area contributed by atoms with Crippen LogP contribution in [-0.4, -0.2) is 4.57 Å². The SMILES string of the molecule is c1ccc(-c2c3ccccc3c(-c3cccc4c(-n5c6ccc7ccccc7c6c6c7ccccc7ccc65)cccc34)c3ccc(-c4ccc5ccccc5c4)cc23)cc1. The minimum atomic E-state index is 1.18. The molecule has 0 aliphatic heterocycles. The predicted molar refractivity (Wildman–Crippen MR) is 262 cm³/mol. The molecule has 13 aromatic rings. The molecule has 13 rings (SSSR count). The maximum absolute atomic E-state index is 2.51. The first-order chi connectivity index (χ1) is 30.3. The van der Waals surface area contributed by atoms with Crippen LogP contribution in [0.1, 0.15) is 0 Å². The molecule has 12 aromatic carbocycles. The highest BCUT2D eigenvalue weighted by Gasteiger charge is 2.22. The molecule has 282 valence electrons. The van der Waals surface area contributed by atoms with E-state index in [-0.39, 0.29) is 0 Å². The lowest BCUT2D eigenvalue weighted by Crippen LogP contribution is -1.97. The molecule has 0 aliphatic rings. The van der Waals surface area contributed by atoms with Crippen LogP contribution < -0.4 is 0 Å². The van der Waals surface area contributed by atoms with Gasteiger partial charge in [-0.05, 0) is 123 Å². The van der Waals surface area contributed by atoms with Crippen molar-refractivity contribution in [1.82, 2.24) is 4.57 Å². The first-order valence-corrected chi connectivity index (χ1v) is 21.2. The first-order valence-electron chi connectivity index (χ1n) is 21.2. The van der Waals surface area contributed by atoms with Crippen LogP contribution in [-0.2, 0) is 0 Å². The zero-order valence-corrected chi connectivity index (χ0v) is 33.3. The van der Waals surface area contributed by atoms with Gasteiger partial charge in [0, 0.05) is 16.2 Å². The molecule has 0 atom stereocenters. The van der Waals surface area contributed by atoms with E-state index in [0.29, 0.717) is 0 Å². The molecule has 1 heterocycles. The minimum Gasteiger partial charge on any atom is -0.309 e. The highest BCUT2D eigenvalue weighted by Crippen LogP contribution is 2.48. The maximum Gasteiger partial charge on any atom is 0.0548 e. The molecule has 0 aliphatic carbocycles. The Morgan fingerprint density at radius 3 is 1.48 bits per heavy atom. The minimum absolute atomic E-state index is 1.18. The quantitative estimate of drug-likeness (QED) is 0.157. The maximum atomic E-state index is 2.51. The van der Waals surface area contributed by atoms with Crippen molar-refractivity contribution in [2.75, 3.05) is 0 Å². The van der Waals surface area contributed by atoms with Crippen molar-refractivity contribution in [3.63, 3.8) is 0 Å². The fourth-order valence-electron chi connectivity index (χ4n) is 10.4. The molecule has 0 amide bonds. The summed E-state index contributed by atoms with van der Waals surface area (Å²) < 4.78 is 2.51. The van der Waals surface area contributed by atoms with Crippen LogP contribution in [0, 0.1) is 0 Å². The summed E-state index contributed by atoms with van der Waals surface area (Å²) in [6, 6.07) is 83.2. The average molecular weight is 772 g/mol. The molecule has 1 nitrogen and oxygen atoms in total. The first kappa shape index (κ1) is 33.9. The Morgan fingerprint density at radius 1 is 0.246 bits per heavy atom. The number of hydrogen-bond acceptors (Lipinski definition) is 0. The summed E-state index contributed by atoms with van der Waals surface area (Å²) in [6.07, 6.45) is 0. The molecular weight excluding hydrogens is 735 g/mol. The van der Waals surface area contributed by atoms with Gasteiger partial charge in [0.15, 0.2) is 0 Å². The Balaban J connectivity index is 1.12. The molecule has 0 spiro atoms. The third-order valence-electron chi connectivity index (χ3n) is 13.1. The fraction of sp³-hybridized carbons (Fsp3) is 0. The second-order valence-electron chi connectivity index (χ2n) is 16.4. The number of fused-ring (bicyclic) bond motifs is 11. The summed E-state index contributed by atoms with van der Waals surface area (Å²) in [7, 11) is 0. The van der Waals surface area contributed by atoms with Crippen LogP contribution in [0.15, 0.2) is 224 Å². The van der Waals surface area contributed by atoms with E-state index in [1.165, 1.54) is 126 Å². The lowest BCUT2D eigenvalue weighted by atomic mass is 9.83. The Labute approximate surface area is 353 Å². The predicted octanol–water partition coefficient (Wildman–Crippen LogP) is 16.7. The summed E-state index contributed by atoms with van der Waals surface area (Å²) >= 11 is 0. The van der Waals surface area contributed by atoms with E-state index in [4.69, 9.17) is 0 Å². The Morgan fingerprint density at radius 2 is 0.754 bits per heavy atom. The van der Waals surface area contributed by atoms with Crippen LogP contribution in [0.25, 0.3) is 126 Å². The molecule has 1 heteroatoms. The van der Waals surface area contributed by atoms with Crippen molar-refractivity contribution < 1.29 is 0 Å². The summed E-state index contributed by atoms with van der Waals surface area (Å²) in [5, 5.41) is 17.6. The zero-order valence-electron chi connectivity index (χ0n) is 33.3. The van der Waals surface area contributed by atoms with E-state index in [0.717, 1.165) is 0 Å². The lowest BCUT2D eigenvalue weighted by molar-refractivity contribution is 1.20. The van der Waals surface area contributed by atoms with Gasteiger partial charge in [0.05, 0.1) is 16.7 Å². The number of aromatic nitrogens is 1. The Bertz CT molecular complexity index is 3830. The van der Waals surface area contributed by atoms with Gasteiger partial charge in [-0.25, -0.2) is 0 Å². The number of rotatable bonds is 4. The Hall–Kier alpha value is -8.00. The molecule has 0 saturated carbocycles. The van der Waals surface area contributed by atoms with Crippen LogP contribution in [0.5, 0.6) is 0 Å². The van der Waals surface area contributed by atoms with Crippen LogP contribution >= 0.6 is 0 Å². The number of nitrogens with zero attached hydrogens (tertiary/aromatic N) is 1. The lowest BCUT2D eigenvalue weighted by Gasteiger charge is -2.20. The third kappa shape index (κ3) is 5.08. The highest BCUT2D eigenvalue weighted by molar-refractivity contribution is 6.29. The van der Waals surface area contributed by atoms with Crippen LogP contribution in [0.2, 0.25) is 0 Å². The molecule has 0 N–H and O–H groups in total. The Kier molecular flexibility index (Phi) is 7.37. The van der Waals surface area contributed by atoms with E-state index >= 15 is 0 Å². The zero-order chi connectivity index (χ0) is 40.0. The second-order valence-corrected chi connectivity index (χ2v) is 16.4. The molecular formula is C60H37N. The van der Waals surface area contributed by atoms with Gasteiger partial charge in [-0.2, -0.15) is 0 Å². The summed E-state index contributed by atoms with van der Waals surface area (Å²) in [4.78, 5) is 0. The number of hydrogen-bond donors (Lipinski definition) is 0. The van der Waals surface area contributed by atoms with Gasteiger partial charge < -0.3 is 4.57 Å². The van der Waals surface area contributed by atoms with E-state index in [2.05, 4.69) is 229 Å². The van der Waals surface area contributed by atoms with E-state index < -0.39 is 0 Å². The molecule has 1 aromatic heterocycles. The van der Waals surface area contributed by atoms with Crippen molar-refractivity contribution in [3.05, 3.63) is 224 Å². The molecule has 0 fully saturated rings. The summed E-state index contributed by atoms with van der Waals surface area (Å²) in [6.45, 7) is 0. The van der Waals surface area contributed by atoms with Crippen molar-refractivity contribution in [3.8, 4) is 39.1 Å². The van der Waals surface area contributed by atoms with E-state index in [1.54, 1.807) is 0 Å². The van der Waals surface area contributed by atoms with E-state index in [1.807, 2.05) is 0 Å². The molecule has 61 heavy (non-hydrogen) atoms. The second kappa shape index (κ2) is 13.3. The molecule has 0 saturated heterocycles. The number of benzene rings is 12. The van der Waals surface area contributed by atoms with Crippen molar-refractivity contribution >= 4 is 86.4 Å². The molecule has 0 bridgehead atoms. The normalized spacial score (nSPS) is 11.9. The van der Waals surface area contributed by atoms with Crippen molar-refractivity contribution in [2.24, 2.45) is 0 Å². The van der Waals surface area contributed by atoms with Gasteiger partial charge in [0.25, 0.3) is 0 Å². The highest BCUT2D eigenvalue weighted by atomic mass is 15.0. The average Bonchev–Trinajstić information content (AvgIpc) is 3.68. The topological polar surface area (TPSA) is 4.93 Å². The van der Waals surface area contributed by atoms with Crippen LogP contribution in [0.4, 0.5) is 0 Å². The summed E-state index contributed by atoms with van der Waals surface area (Å²) in [5.74, 6) is 0. The largest absolute Gasteiger partial charge is 0.309 e. The van der Waals surface area contributed by atoms with Gasteiger partial charge in [-0.15, -0.1) is 0 Å². The molecule has 0 unspecified atom stereocenters. The third-order valence-corrected chi connectivity index (χ3v) is 13.1. The fourth-order valence-corrected chi connectivity index (χ4v) is 10.4. The van der Waals surface area contributed by atoms with Gasteiger partial charge in [-0.3, -0.25) is 0 Å². The van der Waals surface area contributed by atoms with Gasteiger partial charge >= 0.3 is 0 Å². The monoisotopic (exact) mass is 771 g/mol. The molecule has 0 radical (unpaired) electrons. The van der Waals surface area contributed by atoms with Gasteiger partial charge in [-0.1, -0.05) is 194 Å². The van der Waals surface area contributed by atoms with Crippen LogP contribution in [0.3, 0.4) is 0 Å². The van der Waals surface area contributed by atoms with Gasteiger partial charge in [0.2, 0.25) is 0 Å². The smallest absolute Gasteiger partial charge is 0.0548 e.